The fraction of sp³-hybridized carbons (Fsp3) is 0.435. The zero-order valence-corrected chi connectivity index (χ0v) is 19.6. The van der Waals surface area contributed by atoms with Crippen LogP contribution in [0.5, 0.6) is 5.75 Å². The molecule has 0 saturated carbocycles. The van der Waals surface area contributed by atoms with Gasteiger partial charge >= 0.3 is 0 Å². The Balaban J connectivity index is 0.00000160. The van der Waals surface area contributed by atoms with Gasteiger partial charge in [-0.3, -0.25) is 9.69 Å². The average Bonchev–Trinajstić information content (AvgIpc) is 3.24. The summed E-state index contributed by atoms with van der Waals surface area (Å²) in [7, 11) is 7.89. The first kappa shape index (κ1) is 24.3. The van der Waals surface area contributed by atoms with Crippen LogP contribution in [0.25, 0.3) is 0 Å². The largest absolute Gasteiger partial charge is 0.497 e. The summed E-state index contributed by atoms with van der Waals surface area (Å²) in [5.74, 6) is 2.02. The van der Waals surface area contributed by atoms with Crippen LogP contribution in [0.4, 0.5) is 5.69 Å². The van der Waals surface area contributed by atoms with Crippen molar-refractivity contribution in [2.45, 2.75) is 6.04 Å². The molecule has 0 aromatic heterocycles. The fourth-order valence-electron chi connectivity index (χ4n) is 4.83. The van der Waals surface area contributed by atoms with Crippen LogP contribution in [0.2, 0.25) is 0 Å². The molecule has 2 saturated heterocycles. The lowest BCUT2D eigenvalue weighted by atomic mass is 9.89. The molecule has 0 N–H and O–H groups in total. The van der Waals surface area contributed by atoms with Gasteiger partial charge in [0.2, 0.25) is 0 Å². The Morgan fingerprint density at radius 3 is 2.37 bits per heavy atom. The van der Waals surface area contributed by atoms with E-state index in [0.717, 1.165) is 36.6 Å². The van der Waals surface area contributed by atoms with E-state index in [9.17, 15) is 4.79 Å². The number of likely N-dealkylation sites (tertiary alicyclic amines) is 2. The van der Waals surface area contributed by atoms with E-state index in [1.807, 2.05) is 60.3 Å². The molecular weight excluding hydrogens is 421 g/mol. The molecule has 2 fully saturated rings. The summed E-state index contributed by atoms with van der Waals surface area (Å²) in [6, 6.07) is 16.6. The van der Waals surface area contributed by atoms with Crippen molar-refractivity contribution in [2.24, 2.45) is 11.8 Å². The highest BCUT2D eigenvalue weighted by molar-refractivity contribution is 5.95. The van der Waals surface area contributed by atoms with Gasteiger partial charge < -0.3 is 14.5 Å². The summed E-state index contributed by atoms with van der Waals surface area (Å²) in [6.45, 7) is 2.69. The molecule has 2 aliphatic rings. The molecule has 0 aliphatic carbocycles. The number of halogens is 2. The number of benzene rings is 2. The van der Waals surface area contributed by atoms with Crippen LogP contribution in [0.1, 0.15) is 22.0 Å². The van der Waals surface area contributed by atoms with E-state index in [1.165, 1.54) is 5.56 Å². The number of hydrogen-bond acceptors (Lipinski definition) is 4. The molecule has 7 heteroatoms. The summed E-state index contributed by atoms with van der Waals surface area (Å²) in [5, 5.41) is 0. The first-order valence-corrected chi connectivity index (χ1v) is 9.89. The van der Waals surface area contributed by atoms with E-state index in [1.54, 1.807) is 7.11 Å². The lowest BCUT2D eigenvalue weighted by Crippen LogP contribution is -2.33. The highest BCUT2D eigenvalue weighted by Crippen LogP contribution is 2.44. The second-order valence-corrected chi connectivity index (χ2v) is 8.24. The second-order valence-electron chi connectivity index (χ2n) is 8.24. The summed E-state index contributed by atoms with van der Waals surface area (Å²) in [5.41, 5.74) is 3.14. The fourth-order valence-corrected chi connectivity index (χ4v) is 4.83. The van der Waals surface area contributed by atoms with Crippen LogP contribution >= 0.6 is 24.8 Å². The Morgan fingerprint density at radius 1 is 1.03 bits per heavy atom. The predicted molar refractivity (Wildman–Crippen MR) is 127 cm³/mol. The number of amides is 1. The van der Waals surface area contributed by atoms with E-state index < -0.39 is 0 Å². The first-order chi connectivity index (χ1) is 13.5. The smallest absolute Gasteiger partial charge is 0.253 e. The number of fused-ring (bicyclic) bond motifs is 1. The van der Waals surface area contributed by atoms with Crippen molar-refractivity contribution in [3.05, 3.63) is 59.7 Å². The molecule has 1 amide bonds. The number of hydrogen-bond donors (Lipinski definition) is 0. The van der Waals surface area contributed by atoms with Gasteiger partial charge in [-0.25, -0.2) is 0 Å². The standard InChI is InChI=1S/C23H29N3O2.2ClH/c1-24(2)19-7-5-6-17(12-19)23(27)26-14-18-13-25(3)22(21(18)15-26)16-8-10-20(28-4)11-9-16;;/h5-12,18,21-22H,13-15H2,1-4H3;2*1H/t18-,21+,22+;;/m0../s1. The van der Waals surface area contributed by atoms with Gasteiger partial charge in [-0.15, -0.1) is 24.8 Å². The SMILES string of the molecule is COc1ccc([C@@H]2[C@@H]3CN(C(=O)c4cccc(N(C)C)c4)C[C@@H]3CN2C)cc1.Cl.Cl. The maximum atomic E-state index is 13.1. The van der Waals surface area contributed by atoms with Gasteiger partial charge in [-0.1, -0.05) is 18.2 Å². The highest BCUT2D eigenvalue weighted by Gasteiger charge is 2.47. The molecule has 2 aliphatic heterocycles. The molecule has 0 radical (unpaired) electrons. The van der Waals surface area contributed by atoms with Crippen LogP contribution in [-0.4, -0.2) is 63.6 Å². The Hall–Kier alpha value is -1.95. The van der Waals surface area contributed by atoms with Crippen molar-refractivity contribution in [1.29, 1.82) is 0 Å². The highest BCUT2D eigenvalue weighted by atomic mass is 35.5. The van der Waals surface area contributed by atoms with Crippen LogP contribution < -0.4 is 9.64 Å². The molecule has 164 valence electrons. The van der Waals surface area contributed by atoms with Crippen molar-refractivity contribution >= 4 is 36.4 Å². The quantitative estimate of drug-likeness (QED) is 0.703. The lowest BCUT2D eigenvalue weighted by Gasteiger charge is -2.27. The van der Waals surface area contributed by atoms with E-state index in [4.69, 9.17) is 4.74 Å². The van der Waals surface area contributed by atoms with Crippen molar-refractivity contribution in [3.8, 4) is 5.75 Å². The minimum absolute atomic E-state index is 0. The number of methoxy groups -OCH3 is 1. The summed E-state index contributed by atoms with van der Waals surface area (Å²) >= 11 is 0. The second kappa shape index (κ2) is 9.90. The molecule has 0 unspecified atom stereocenters. The van der Waals surface area contributed by atoms with Gasteiger partial charge in [0.25, 0.3) is 5.91 Å². The summed E-state index contributed by atoms with van der Waals surface area (Å²) in [6.07, 6.45) is 0. The molecule has 0 spiro atoms. The van der Waals surface area contributed by atoms with Crippen molar-refractivity contribution in [2.75, 3.05) is 52.8 Å². The van der Waals surface area contributed by atoms with E-state index >= 15 is 0 Å². The van der Waals surface area contributed by atoms with E-state index in [-0.39, 0.29) is 30.7 Å². The van der Waals surface area contributed by atoms with Crippen LogP contribution in [0.3, 0.4) is 0 Å². The third-order valence-electron chi connectivity index (χ3n) is 6.25. The third kappa shape index (κ3) is 4.53. The number of rotatable bonds is 4. The normalized spacial score (nSPS) is 22.7. The summed E-state index contributed by atoms with van der Waals surface area (Å²) in [4.78, 5) is 19.7. The molecule has 2 aromatic carbocycles. The summed E-state index contributed by atoms with van der Waals surface area (Å²) < 4.78 is 5.30. The Morgan fingerprint density at radius 2 is 1.73 bits per heavy atom. The molecule has 2 aromatic rings. The molecule has 0 bridgehead atoms. The van der Waals surface area contributed by atoms with E-state index in [0.29, 0.717) is 17.9 Å². The Kier molecular flexibility index (Phi) is 8.03. The average molecular weight is 452 g/mol. The number of carbonyl (C=O) groups excluding carboxylic acids is 1. The molecule has 3 atom stereocenters. The number of nitrogens with zero attached hydrogens (tertiary/aromatic N) is 3. The monoisotopic (exact) mass is 451 g/mol. The van der Waals surface area contributed by atoms with Crippen molar-refractivity contribution in [1.82, 2.24) is 9.80 Å². The minimum atomic E-state index is 0. The molecule has 2 heterocycles. The Bertz CT molecular complexity index is 860. The van der Waals surface area contributed by atoms with Gasteiger partial charge in [0, 0.05) is 56.9 Å². The minimum Gasteiger partial charge on any atom is -0.497 e. The van der Waals surface area contributed by atoms with Crippen molar-refractivity contribution < 1.29 is 9.53 Å². The maximum absolute atomic E-state index is 13.1. The van der Waals surface area contributed by atoms with Crippen LogP contribution in [-0.2, 0) is 0 Å². The van der Waals surface area contributed by atoms with E-state index in [2.05, 4.69) is 24.1 Å². The zero-order valence-electron chi connectivity index (χ0n) is 17.9. The zero-order chi connectivity index (χ0) is 19.8. The number of ether oxygens (including phenoxy) is 1. The van der Waals surface area contributed by atoms with Gasteiger partial charge in [0.15, 0.2) is 0 Å². The van der Waals surface area contributed by atoms with Crippen LogP contribution in [0, 0.1) is 11.8 Å². The maximum Gasteiger partial charge on any atom is 0.253 e. The van der Waals surface area contributed by atoms with Gasteiger partial charge in [-0.05, 0) is 48.9 Å². The Labute approximate surface area is 191 Å². The van der Waals surface area contributed by atoms with Crippen molar-refractivity contribution in [3.63, 3.8) is 0 Å². The lowest BCUT2D eigenvalue weighted by molar-refractivity contribution is 0.0768. The third-order valence-corrected chi connectivity index (χ3v) is 6.25. The van der Waals surface area contributed by atoms with Crippen LogP contribution in [0.15, 0.2) is 48.5 Å². The molecular formula is C23H31Cl2N3O2. The van der Waals surface area contributed by atoms with Gasteiger partial charge in [0.1, 0.15) is 5.75 Å². The predicted octanol–water partition coefficient (Wildman–Crippen LogP) is 3.98. The number of carbonyl (C=O) groups is 1. The first-order valence-electron chi connectivity index (χ1n) is 9.89. The topological polar surface area (TPSA) is 36.0 Å². The van der Waals surface area contributed by atoms with Gasteiger partial charge in [-0.2, -0.15) is 0 Å². The molecule has 30 heavy (non-hydrogen) atoms. The molecule has 5 nitrogen and oxygen atoms in total. The van der Waals surface area contributed by atoms with Gasteiger partial charge in [0.05, 0.1) is 7.11 Å². The molecule has 4 rings (SSSR count). The number of anilines is 1.